The summed E-state index contributed by atoms with van der Waals surface area (Å²) in [6.07, 6.45) is 5.00. The Morgan fingerprint density at radius 3 is 2.64 bits per heavy atom. The Labute approximate surface area is 73.3 Å². The topological polar surface area (TPSA) is 38.9 Å². The van der Waals surface area contributed by atoms with Gasteiger partial charge in [0, 0.05) is 5.92 Å². The summed E-state index contributed by atoms with van der Waals surface area (Å²) in [7, 11) is 0. The van der Waals surface area contributed by atoms with E-state index in [4.69, 9.17) is 4.52 Å². The normalized spacial score (nSPS) is 19.4. The first kappa shape index (κ1) is 7.28. The molecule has 1 aromatic rings. The van der Waals surface area contributed by atoms with Crippen LogP contribution in [0, 0.1) is 0 Å². The molecule has 60 valence electrons. The fraction of sp³-hybridized carbons (Fsp3) is 0.714. The number of nitrogens with zero attached hydrogens (tertiary/aromatic N) is 2. The van der Waals surface area contributed by atoms with Crippen molar-refractivity contribution in [3.63, 3.8) is 0 Å². The van der Waals surface area contributed by atoms with Gasteiger partial charge in [-0.2, -0.15) is 4.98 Å². The van der Waals surface area contributed by atoms with Crippen molar-refractivity contribution in [2.45, 2.75) is 31.6 Å². The molecule has 0 unspecified atom stereocenters. The average molecular weight is 217 g/mol. The maximum absolute atomic E-state index is 5.04. The van der Waals surface area contributed by atoms with E-state index in [1.165, 1.54) is 25.7 Å². The Morgan fingerprint density at radius 1 is 1.36 bits per heavy atom. The van der Waals surface area contributed by atoms with Gasteiger partial charge in [0.25, 0.3) is 0 Å². The Kier molecular flexibility index (Phi) is 1.94. The Morgan fingerprint density at radius 2 is 2.09 bits per heavy atom. The second-order valence-corrected chi connectivity index (χ2v) is 3.59. The highest BCUT2D eigenvalue weighted by Crippen LogP contribution is 2.33. The van der Waals surface area contributed by atoms with Gasteiger partial charge in [0.1, 0.15) is 0 Å². The second kappa shape index (κ2) is 2.93. The number of hydrogen-bond donors (Lipinski definition) is 0. The van der Waals surface area contributed by atoms with Gasteiger partial charge < -0.3 is 4.52 Å². The maximum atomic E-state index is 5.04. The maximum Gasteiger partial charge on any atom is 0.238 e. The summed E-state index contributed by atoms with van der Waals surface area (Å²) < 4.78 is 5.61. The summed E-state index contributed by atoms with van der Waals surface area (Å²) in [6, 6.07) is 0. The number of rotatable bonds is 1. The van der Waals surface area contributed by atoms with Gasteiger partial charge in [-0.15, -0.1) is 0 Å². The van der Waals surface area contributed by atoms with Crippen molar-refractivity contribution >= 4 is 15.9 Å². The first-order valence-electron chi connectivity index (χ1n) is 3.85. The molecule has 1 aliphatic carbocycles. The molecular formula is C7H9BrN2O. The number of hydrogen-bond acceptors (Lipinski definition) is 3. The van der Waals surface area contributed by atoms with E-state index in [1.54, 1.807) is 0 Å². The third kappa shape index (κ3) is 1.45. The SMILES string of the molecule is Brc1noc(C2CCCC2)n1. The fourth-order valence-corrected chi connectivity index (χ4v) is 1.80. The smallest absolute Gasteiger partial charge is 0.238 e. The Balaban J connectivity index is 2.15. The van der Waals surface area contributed by atoms with Crippen LogP contribution in [0.5, 0.6) is 0 Å². The van der Waals surface area contributed by atoms with Crippen LogP contribution in [0.15, 0.2) is 9.26 Å². The minimum Gasteiger partial charge on any atom is -0.338 e. The van der Waals surface area contributed by atoms with E-state index in [1.807, 2.05) is 0 Å². The first-order chi connectivity index (χ1) is 5.36. The minimum absolute atomic E-state index is 0.522. The molecule has 4 heteroatoms. The average Bonchev–Trinajstić information content (AvgIpc) is 2.55. The van der Waals surface area contributed by atoms with Crippen molar-refractivity contribution in [1.29, 1.82) is 0 Å². The van der Waals surface area contributed by atoms with E-state index < -0.39 is 0 Å². The van der Waals surface area contributed by atoms with Crippen LogP contribution in [-0.2, 0) is 0 Å². The second-order valence-electron chi connectivity index (χ2n) is 2.88. The highest BCUT2D eigenvalue weighted by atomic mass is 79.9. The molecular weight excluding hydrogens is 208 g/mol. The summed E-state index contributed by atoms with van der Waals surface area (Å²) in [6.45, 7) is 0. The van der Waals surface area contributed by atoms with Gasteiger partial charge in [0.15, 0.2) is 0 Å². The van der Waals surface area contributed by atoms with Crippen molar-refractivity contribution in [3.05, 3.63) is 10.6 Å². The quantitative estimate of drug-likeness (QED) is 0.725. The molecule has 0 radical (unpaired) electrons. The molecule has 0 aromatic carbocycles. The standard InChI is InChI=1S/C7H9BrN2O/c8-7-9-6(11-10-7)5-3-1-2-4-5/h5H,1-4H2. The van der Waals surface area contributed by atoms with Crippen molar-refractivity contribution in [1.82, 2.24) is 10.1 Å². The molecule has 1 heterocycles. The van der Waals surface area contributed by atoms with Crippen molar-refractivity contribution in [2.75, 3.05) is 0 Å². The molecule has 0 amide bonds. The zero-order chi connectivity index (χ0) is 7.68. The first-order valence-corrected chi connectivity index (χ1v) is 4.64. The van der Waals surface area contributed by atoms with E-state index in [-0.39, 0.29) is 0 Å². The summed E-state index contributed by atoms with van der Waals surface area (Å²) in [5.74, 6) is 1.32. The lowest BCUT2D eigenvalue weighted by Crippen LogP contribution is -1.90. The minimum atomic E-state index is 0.522. The molecule has 0 saturated heterocycles. The van der Waals surface area contributed by atoms with Gasteiger partial charge in [-0.25, -0.2) is 0 Å². The van der Waals surface area contributed by atoms with Crippen LogP contribution in [0.2, 0.25) is 0 Å². The van der Waals surface area contributed by atoms with E-state index >= 15 is 0 Å². The zero-order valence-corrected chi connectivity index (χ0v) is 7.67. The molecule has 0 spiro atoms. The van der Waals surface area contributed by atoms with E-state index in [0.29, 0.717) is 10.7 Å². The van der Waals surface area contributed by atoms with Crippen LogP contribution in [0.3, 0.4) is 0 Å². The van der Waals surface area contributed by atoms with E-state index in [0.717, 1.165) is 5.89 Å². The van der Waals surface area contributed by atoms with Crippen molar-refractivity contribution in [3.8, 4) is 0 Å². The van der Waals surface area contributed by atoms with E-state index in [2.05, 4.69) is 26.1 Å². The number of halogens is 1. The third-order valence-electron chi connectivity index (χ3n) is 2.12. The van der Waals surface area contributed by atoms with Gasteiger partial charge in [-0.05, 0) is 33.9 Å². The molecule has 0 bridgehead atoms. The predicted molar refractivity (Wildman–Crippen MR) is 43.2 cm³/mol. The van der Waals surface area contributed by atoms with Crippen LogP contribution in [0.25, 0.3) is 0 Å². The molecule has 0 N–H and O–H groups in total. The molecule has 1 fully saturated rings. The Hall–Kier alpha value is -0.380. The molecule has 2 rings (SSSR count). The lowest BCUT2D eigenvalue weighted by molar-refractivity contribution is 0.351. The summed E-state index contributed by atoms with van der Waals surface area (Å²) >= 11 is 3.16. The summed E-state index contributed by atoms with van der Waals surface area (Å²) in [5.41, 5.74) is 0. The fourth-order valence-electron chi connectivity index (χ4n) is 1.55. The lowest BCUT2D eigenvalue weighted by atomic mass is 10.1. The highest BCUT2D eigenvalue weighted by molar-refractivity contribution is 9.10. The molecule has 0 aliphatic heterocycles. The summed E-state index contributed by atoms with van der Waals surface area (Å²) in [4.78, 5) is 4.13. The zero-order valence-electron chi connectivity index (χ0n) is 6.09. The molecule has 1 aromatic heterocycles. The van der Waals surface area contributed by atoms with Crippen LogP contribution < -0.4 is 0 Å². The molecule has 0 atom stereocenters. The predicted octanol–water partition coefficient (Wildman–Crippen LogP) is 2.49. The number of aromatic nitrogens is 2. The lowest BCUT2D eigenvalue weighted by Gasteiger charge is -1.98. The van der Waals surface area contributed by atoms with E-state index in [9.17, 15) is 0 Å². The van der Waals surface area contributed by atoms with Crippen LogP contribution >= 0.6 is 15.9 Å². The molecule has 1 aliphatic rings. The molecule has 3 nitrogen and oxygen atoms in total. The Bertz CT molecular complexity index is 242. The molecule has 11 heavy (non-hydrogen) atoms. The van der Waals surface area contributed by atoms with Crippen LogP contribution in [0.1, 0.15) is 37.5 Å². The van der Waals surface area contributed by atoms with Crippen molar-refractivity contribution < 1.29 is 4.52 Å². The van der Waals surface area contributed by atoms with Gasteiger partial charge in [-0.1, -0.05) is 12.8 Å². The van der Waals surface area contributed by atoms with Crippen molar-refractivity contribution in [2.24, 2.45) is 0 Å². The van der Waals surface area contributed by atoms with Crippen LogP contribution in [-0.4, -0.2) is 10.1 Å². The largest absolute Gasteiger partial charge is 0.338 e. The van der Waals surface area contributed by atoms with Gasteiger partial charge in [0.2, 0.25) is 10.6 Å². The van der Waals surface area contributed by atoms with Gasteiger partial charge in [-0.3, -0.25) is 0 Å². The van der Waals surface area contributed by atoms with Crippen LogP contribution in [0.4, 0.5) is 0 Å². The summed E-state index contributed by atoms with van der Waals surface area (Å²) in [5, 5.41) is 3.69. The van der Waals surface area contributed by atoms with Gasteiger partial charge in [0.05, 0.1) is 0 Å². The molecule has 1 saturated carbocycles. The highest BCUT2D eigenvalue weighted by Gasteiger charge is 2.22. The van der Waals surface area contributed by atoms with Gasteiger partial charge >= 0.3 is 0 Å². The third-order valence-corrected chi connectivity index (χ3v) is 2.44. The monoisotopic (exact) mass is 216 g/mol.